The van der Waals surface area contributed by atoms with Crippen LogP contribution in [0.25, 0.3) is 5.57 Å². The summed E-state index contributed by atoms with van der Waals surface area (Å²) in [6.45, 7) is 14.6. The SMILES string of the molecule is CC(C)(O)C(C)(C)O[B]c1cc([B]OC(C)(C)C(C)(C)O)cc(C2=CC=CC3C2SC2CCC=CC23)c1. The van der Waals surface area contributed by atoms with Crippen LogP contribution in [0, 0.1) is 11.8 Å². The molecule has 1 aliphatic heterocycles. The maximum atomic E-state index is 10.6. The van der Waals surface area contributed by atoms with E-state index in [4.69, 9.17) is 9.31 Å². The van der Waals surface area contributed by atoms with E-state index in [1.807, 2.05) is 33.8 Å². The fourth-order valence-corrected chi connectivity index (χ4v) is 6.61. The minimum absolute atomic E-state index is 0.410. The van der Waals surface area contributed by atoms with Crippen LogP contribution in [-0.2, 0) is 9.31 Å². The second-order valence-electron chi connectivity index (χ2n) is 12.8. The van der Waals surface area contributed by atoms with Crippen LogP contribution in [0.4, 0.5) is 0 Å². The van der Waals surface area contributed by atoms with Crippen molar-refractivity contribution in [1.29, 1.82) is 0 Å². The molecule has 1 aromatic carbocycles. The van der Waals surface area contributed by atoms with Gasteiger partial charge in [0.2, 0.25) is 0 Å². The summed E-state index contributed by atoms with van der Waals surface area (Å²) in [6.07, 6.45) is 14.0. The van der Waals surface area contributed by atoms with Crippen LogP contribution >= 0.6 is 11.8 Å². The molecule has 7 heteroatoms. The van der Waals surface area contributed by atoms with E-state index in [1.165, 1.54) is 18.4 Å². The molecule has 3 aliphatic rings. The Morgan fingerprint density at radius 1 is 0.811 bits per heavy atom. The Balaban J connectivity index is 1.64. The van der Waals surface area contributed by atoms with E-state index in [0.717, 1.165) is 16.5 Å². The largest absolute Gasteiger partial charge is 0.427 e. The van der Waals surface area contributed by atoms with Gasteiger partial charge < -0.3 is 19.5 Å². The number of hydrogen-bond acceptors (Lipinski definition) is 5. The van der Waals surface area contributed by atoms with E-state index >= 15 is 0 Å². The summed E-state index contributed by atoms with van der Waals surface area (Å²) in [4.78, 5) is 0. The molecule has 1 saturated heterocycles. The van der Waals surface area contributed by atoms with Gasteiger partial charge in [-0.1, -0.05) is 59.5 Å². The number of allylic oxidation sites excluding steroid dienone is 5. The molecule has 0 spiro atoms. The summed E-state index contributed by atoms with van der Waals surface area (Å²) in [6, 6.07) is 6.35. The van der Waals surface area contributed by atoms with Gasteiger partial charge in [-0.2, -0.15) is 0 Å². The first-order chi connectivity index (χ1) is 17.1. The molecule has 2 aliphatic carbocycles. The average molecular weight is 520 g/mol. The maximum absolute atomic E-state index is 10.6. The minimum Gasteiger partial charge on any atom is -0.427 e. The standard InChI is InChI=1S/C30H42B2O4S/c1-27(2,33)29(5,6)35-31-20-16-19(17-21(18-20)32-36-30(7,8)28(3,4)34)22-13-11-14-24-23-12-9-10-15-25(23)37-26(22)24/h9,11-14,16-18,23-26,33-34H,10,15H2,1-8H3. The molecule has 1 heterocycles. The van der Waals surface area contributed by atoms with E-state index in [0.29, 0.717) is 22.3 Å². The quantitative estimate of drug-likeness (QED) is 0.375. The van der Waals surface area contributed by atoms with Crippen LogP contribution in [0.15, 0.2) is 48.6 Å². The van der Waals surface area contributed by atoms with Crippen molar-refractivity contribution in [1.82, 2.24) is 0 Å². The molecule has 4 atom stereocenters. The maximum Gasteiger partial charge on any atom is 0.330 e. The Hall–Kier alpha value is -1.24. The Bertz CT molecular complexity index is 1030. The molecule has 4 unspecified atom stereocenters. The van der Waals surface area contributed by atoms with Crippen molar-refractivity contribution in [3.05, 3.63) is 54.1 Å². The Kier molecular flexibility index (Phi) is 8.07. The van der Waals surface area contributed by atoms with Crippen LogP contribution in [-0.4, -0.2) is 58.1 Å². The summed E-state index contributed by atoms with van der Waals surface area (Å²) in [5.41, 5.74) is 0.712. The Morgan fingerprint density at radius 3 is 1.92 bits per heavy atom. The summed E-state index contributed by atoms with van der Waals surface area (Å²) in [5.74, 6) is 1.10. The fraction of sp³-hybridized carbons (Fsp3) is 0.600. The van der Waals surface area contributed by atoms with Gasteiger partial charge in [0, 0.05) is 16.4 Å². The highest BCUT2D eigenvalue weighted by atomic mass is 32.2. The molecule has 4 nitrogen and oxygen atoms in total. The molecule has 198 valence electrons. The van der Waals surface area contributed by atoms with E-state index in [2.05, 4.69) is 54.3 Å². The highest BCUT2D eigenvalue weighted by molar-refractivity contribution is 8.01. The molecule has 4 rings (SSSR count). The highest BCUT2D eigenvalue weighted by Gasteiger charge is 2.44. The number of rotatable bonds is 9. The van der Waals surface area contributed by atoms with Crippen LogP contribution in [0.1, 0.15) is 73.8 Å². The van der Waals surface area contributed by atoms with Crippen molar-refractivity contribution >= 4 is 43.2 Å². The lowest BCUT2D eigenvalue weighted by Crippen LogP contribution is -2.50. The number of benzene rings is 1. The predicted octanol–water partition coefficient (Wildman–Crippen LogP) is 4.33. The number of fused-ring (bicyclic) bond motifs is 3. The molecule has 1 fully saturated rings. The zero-order valence-electron chi connectivity index (χ0n) is 23.6. The van der Waals surface area contributed by atoms with Crippen LogP contribution < -0.4 is 10.9 Å². The average Bonchev–Trinajstić information content (AvgIpc) is 3.19. The van der Waals surface area contributed by atoms with Gasteiger partial charge in [-0.3, -0.25) is 0 Å². The third-order valence-electron chi connectivity index (χ3n) is 8.67. The molecule has 37 heavy (non-hydrogen) atoms. The molecule has 0 saturated carbocycles. The smallest absolute Gasteiger partial charge is 0.330 e. The molecule has 2 radical (unpaired) electrons. The Morgan fingerprint density at radius 2 is 1.38 bits per heavy atom. The highest BCUT2D eigenvalue weighted by Crippen LogP contribution is 2.53. The lowest BCUT2D eigenvalue weighted by atomic mass is 9.73. The van der Waals surface area contributed by atoms with Crippen LogP contribution in [0.2, 0.25) is 0 Å². The molecular weight excluding hydrogens is 478 g/mol. The summed E-state index contributed by atoms with van der Waals surface area (Å²) in [5, 5.41) is 22.2. The monoisotopic (exact) mass is 520 g/mol. The van der Waals surface area contributed by atoms with Gasteiger partial charge in [-0.05, 0) is 85.3 Å². The topological polar surface area (TPSA) is 58.9 Å². The third kappa shape index (κ3) is 6.17. The second-order valence-corrected chi connectivity index (χ2v) is 14.1. The third-order valence-corrected chi connectivity index (χ3v) is 10.4. The van der Waals surface area contributed by atoms with Crippen molar-refractivity contribution in [3.8, 4) is 0 Å². The summed E-state index contributed by atoms with van der Waals surface area (Å²) < 4.78 is 12.2. The van der Waals surface area contributed by atoms with Gasteiger partial charge in [0.1, 0.15) is 0 Å². The lowest BCUT2D eigenvalue weighted by molar-refractivity contribution is -0.0894. The molecule has 0 bridgehead atoms. The normalized spacial score (nSPS) is 25.9. The van der Waals surface area contributed by atoms with Gasteiger partial charge in [0.15, 0.2) is 0 Å². The van der Waals surface area contributed by atoms with Crippen LogP contribution in [0.3, 0.4) is 0 Å². The first-order valence-electron chi connectivity index (χ1n) is 13.4. The van der Waals surface area contributed by atoms with E-state index in [9.17, 15) is 10.2 Å². The van der Waals surface area contributed by atoms with Gasteiger partial charge in [-0.25, -0.2) is 0 Å². The number of aliphatic hydroxyl groups is 2. The van der Waals surface area contributed by atoms with Gasteiger partial charge in [0.25, 0.3) is 0 Å². The number of thioether (sulfide) groups is 1. The molecule has 2 N–H and O–H groups in total. The Labute approximate surface area is 229 Å². The molecule has 1 aromatic rings. The zero-order chi connectivity index (χ0) is 27.2. The fourth-order valence-electron chi connectivity index (χ4n) is 4.70. The first-order valence-corrected chi connectivity index (χ1v) is 14.4. The van der Waals surface area contributed by atoms with E-state index < -0.39 is 22.4 Å². The molecular formula is C30H42B2O4S. The lowest BCUT2D eigenvalue weighted by Gasteiger charge is -2.38. The van der Waals surface area contributed by atoms with Crippen molar-refractivity contribution < 1.29 is 19.5 Å². The summed E-state index contributed by atoms with van der Waals surface area (Å²) >= 11 is 2.12. The van der Waals surface area contributed by atoms with Crippen molar-refractivity contribution in [2.75, 3.05) is 0 Å². The van der Waals surface area contributed by atoms with Crippen molar-refractivity contribution in [2.45, 2.75) is 101 Å². The predicted molar refractivity (Wildman–Crippen MR) is 158 cm³/mol. The van der Waals surface area contributed by atoms with E-state index in [1.54, 1.807) is 42.7 Å². The van der Waals surface area contributed by atoms with Gasteiger partial charge in [-0.15, -0.1) is 11.8 Å². The van der Waals surface area contributed by atoms with Crippen molar-refractivity contribution in [3.63, 3.8) is 0 Å². The van der Waals surface area contributed by atoms with Gasteiger partial charge >= 0.3 is 15.0 Å². The molecule has 0 amide bonds. The second kappa shape index (κ2) is 10.4. The van der Waals surface area contributed by atoms with Crippen LogP contribution in [0.5, 0.6) is 0 Å². The van der Waals surface area contributed by atoms with E-state index in [-0.39, 0.29) is 0 Å². The first kappa shape index (κ1) is 28.8. The number of hydrogen-bond donors (Lipinski definition) is 2. The van der Waals surface area contributed by atoms with Gasteiger partial charge in [0.05, 0.1) is 22.4 Å². The zero-order valence-corrected chi connectivity index (χ0v) is 24.4. The summed E-state index contributed by atoms with van der Waals surface area (Å²) in [7, 11) is 3.47. The molecule has 0 aromatic heterocycles. The van der Waals surface area contributed by atoms with Crippen molar-refractivity contribution in [2.24, 2.45) is 11.8 Å². The minimum atomic E-state index is -1.01.